The van der Waals surface area contributed by atoms with Gasteiger partial charge in [0, 0.05) is 12.3 Å². The van der Waals surface area contributed by atoms with Gasteiger partial charge in [-0.1, -0.05) is 0 Å². The van der Waals surface area contributed by atoms with Gasteiger partial charge in [0.25, 0.3) is 0 Å². The van der Waals surface area contributed by atoms with Crippen LogP contribution in [0, 0.1) is 12.3 Å². The van der Waals surface area contributed by atoms with E-state index < -0.39 is 0 Å². The fraction of sp³-hybridized carbons (Fsp3) is 0. The lowest BCUT2D eigenvalue weighted by Crippen LogP contribution is -1.66. The van der Waals surface area contributed by atoms with Crippen molar-refractivity contribution in [1.82, 2.24) is 4.98 Å². The zero-order chi connectivity index (χ0) is 7.68. The molecule has 11 heavy (non-hydrogen) atoms. The van der Waals surface area contributed by atoms with Crippen LogP contribution in [0.4, 0.5) is 0 Å². The first-order chi connectivity index (χ1) is 5.40. The van der Waals surface area contributed by atoms with Crippen LogP contribution in [-0.4, -0.2) is 4.98 Å². The molecule has 0 bridgehead atoms. The molecule has 0 amide bonds. The fourth-order valence-corrected chi connectivity index (χ4v) is 0.941. The summed E-state index contributed by atoms with van der Waals surface area (Å²) in [5.74, 6) is 2.94. The smallest absolute Gasteiger partial charge is 0.179 e. The van der Waals surface area contributed by atoms with Crippen molar-refractivity contribution in [2.45, 2.75) is 0 Å². The van der Waals surface area contributed by atoms with E-state index in [0.29, 0.717) is 5.76 Å². The minimum absolute atomic E-state index is 0.527. The van der Waals surface area contributed by atoms with Crippen molar-refractivity contribution in [2.75, 3.05) is 0 Å². The molecule has 0 aliphatic carbocycles. The van der Waals surface area contributed by atoms with Gasteiger partial charge in [0.05, 0.1) is 0 Å². The molecule has 2 aromatic rings. The first kappa shape index (κ1) is 5.99. The van der Waals surface area contributed by atoms with E-state index in [1.165, 1.54) is 0 Å². The second-order valence-corrected chi connectivity index (χ2v) is 2.14. The maximum atomic E-state index is 5.22. The predicted molar refractivity (Wildman–Crippen MR) is 41.9 cm³/mol. The van der Waals surface area contributed by atoms with E-state index >= 15 is 0 Å². The van der Waals surface area contributed by atoms with E-state index in [1.807, 2.05) is 12.1 Å². The van der Waals surface area contributed by atoms with E-state index in [2.05, 4.69) is 10.9 Å². The summed E-state index contributed by atoms with van der Waals surface area (Å²) >= 11 is 0. The van der Waals surface area contributed by atoms with E-state index in [1.54, 1.807) is 12.3 Å². The van der Waals surface area contributed by atoms with E-state index in [9.17, 15) is 0 Å². The number of pyridine rings is 1. The molecular formula is C9H5NO. The van der Waals surface area contributed by atoms with Gasteiger partial charge in [0.2, 0.25) is 0 Å². The Morgan fingerprint density at radius 3 is 3.18 bits per heavy atom. The van der Waals surface area contributed by atoms with Gasteiger partial charge < -0.3 is 4.42 Å². The maximum Gasteiger partial charge on any atom is 0.179 e. The first-order valence-corrected chi connectivity index (χ1v) is 3.21. The highest BCUT2D eigenvalue weighted by atomic mass is 16.3. The highest BCUT2D eigenvalue weighted by molar-refractivity contribution is 5.73. The maximum absolute atomic E-state index is 5.22. The van der Waals surface area contributed by atoms with Crippen molar-refractivity contribution < 1.29 is 4.42 Å². The Morgan fingerprint density at radius 1 is 1.55 bits per heavy atom. The molecule has 0 fully saturated rings. The Kier molecular flexibility index (Phi) is 1.16. The van der Waals surface area contributed by atoms with E-state index in [0.717, 1.165) is 11.1 Å². The summed E-state index contributed by atoms with van der Waals surface area (Å²) in [6.45, 7) is 0. The van der Waals surface area contributed by atoms with Crippen LogP contribution in [0.2, 0.25) is 0 Å². The number of rotatable bonds is 0. The van der Waals surface area contributed by atoms with Crippen LogP contribution in [0.15, 0.2) is 28.8 Å². The minimum atomic E-state index is 0.527. The summed E-state index contributed by atoms with van der Waals surface area (Å²) in [4.78, 5) is 4.06. The number of nitrogens with zero attached hydrogens (tertiary/aromatic N) is 1. The molecule has 0 aliphatic heterocycles. The van der Waals surface area contributed by atoms with Crippen LogP contribution in [0.5, 0.6) is 0 Å². The average Bonchev–Trinajstić information content (AvgIpc) is 2.46. The van der Waals surface area contributed by atoms with Crippen LogP contribution >= 0.6 is 0 Å². The summed E-state index contributed by atoms with van der Waals surface area (Å²) in [7, 11) is 0. The number of aromatic nitrogens is 1. The largest absolute Gasteiger partial charge is 0.446 e. The van der Waals surface area contributed by atoms with Gasteiger partial charge in [0.1, 0.15) is 5.52 Å². The van der Waals surface area contributed by atoms with Crippen molar-refractivity contribution in [3.05, 3.63) is 30.2 Å². The summed E-state index contributed by atoms with van der Waals surface area (Å²) in [6.07, 6.45) is 6.85. The number of hydrogen-bond donors (Lipinski definition) is 0. The van der Waals surface area contributed by atoms with Gasteiger partial charge in [-0.2, -0.15) is 0 Å². The lowest BCUT2D eigenvalue weighted by atomic mass is 10.4. The molecule has 0 unspecified atom stereocenters. The molecule has 2 rings (SSSR count). The molecule has 2 aromatic heterocycles. The highest BCUT2D eigenvalue weighted by Crippen LogP contribution is 2.14. The Morgan fingerprint density at radius 2 is 2.45 bits per heavy atom. The number of hydrogen-bond acceptors (Lipinski definition) is 2. The van der Waals surface area contributed by atoms with E-state index in [-0.39, 0.29) is 0 Å². The molecule has 0 radical (unpaired) electrons. The Balaban J connectivity index is 2.81. The Hall–Kier alpha value is -1.75. The third-order valence-electron chi connectivity index (χ3n) is 1.43. The minimum Gasteiger partial charge on any atom is -0.446 e. The van der Waals surface area contributed by atoms with Crippen molar-refractivity contribution in [1.29, 1.82) is 0 Å². The van der Waals surface area contributed by atoms with Gasteiger partial charge in [-0.15, -0.1) is 6.42 Å². The topological polar surface area (TPSA) is 26.0 Å². The molecule has 0 saturated heterocycles. The van der Waals surface area contributed by atoms with Crippen LogP contribution < -0.4 is 0 Å². The lowest BCUT2D eigenvalue weighted by Gasteiger charge is -1.81. The van der Waals surface area contributed by atoms with Crippen LogP contribution in [0.25, 0.3) is 11.1 Å². The second-order valence-electron chi connectivity index (χ2n) is 2.14. The predicted octanol–water partition coefficient (Wildman–Crippen LogP) is 1.81. The van der Waals surface area contributed by atoms with Gasteiger partial charge in [-0.25, -0.2) is 0 Å². The fourth-order valence-electron chi connectivity index (χ4n) is 0.941. The normalized spacial score (nSPS) is 9.73. The Bertz CT molecular complexity index is 389. The van der Waals surface area contributed by atoms with Crippen molar-refractivity contribution in [2.24, 2.45) is 0 Å². The van der Waals surface area contributed by atoms with Gasteiger partial charge in [-0.05, 0) is 18.1 Å². The summed E-state index contributed by atoms with van der Waals surface area (Å²) < 4.78 is 5.22. The Labute approximate surface area is 63.9 Å². The molecular weight excluding hydrogens is 138 g/mol. The molecule has 2 heterocycles. The van der Waals surface area contributed by atoms with Crippen LogP contribution in [0.3, 0.4) is 0 Å². The van der Waals surface area contributed by atoms with Crippen molar-refractivity contribution in [3.63, 3.8) is 0 Å². The zero-order valence-electron chi connectivity index (χ0n) is 5.74. The summed E-state index contributed by atoms with van der Waals surface area (Å²) in [5.41, 5.74) is 1.54. The molecule has 0 spiro atoms. The van der Waals surface area contributed by atoms with Crippen LogP contribution in [0.1, 0.15) is 5.76 Å². The van der Waals surface area contributed by atoms with Crippen molar-refractivity contribution >= 4 is 11.1 Å². The first-order valence-electron chi connectivity index (χ1n) is 3.21. The standard InChI is InChI=1S/C9H5NO/c1-2-7-6-8-9(11-7)4-3-5-10-8/h1,3-6H. The van der Waals surface area contributed by atoms with E-state index in [4.69, 9.17) is 10.8 Å². The van der Waals surface area contributed by atoms with Crippen LogP contribution in [-0.2, 0) is 0 Å². The molecule has 52 valence electrons. The molecule has 0 saturated carbocycles. The number of fused-ring (bicyclic) bond motifs is 1. The number of furan rings is 1. The third kappa shape index (κ3) is 0.870. The molecule has 0 N–H and O–H groups in total. The monoisotopic (exact) mass is 143 g/mol. The summed E-state index contributed by atoms with van der Waals surface area (Å²) in [5, 5.41) is 0. The number of terminal acetylenes is 1. The highest BCUT2D eigenvalue weighted by Gasteiger charge is 1.99. The van der Waals surface area contributed by atoms with Gasteiger partial charge >= 0.3 is 0 Å². The third-order valence-corrected chi connectivity index (χ3v) is 1.43. The average molecular weight is 143 g/mol. The SMILES string of the molecule is C#Cc1cc2ncccc2o1. The second kappa shape index (κ2) is 2.14. The zero-order valence-corrected chi connectivity index (χ0v) is 5.74. The quantitative estimate of drug-likeness (QED) is 0.525. The molecule has 0 aliphatic rings. The lowest BCUT2D eigenvalue weighted by molar-refractivity contribution is 0.601. The molecule has 0 atom stereocenters. The van der Waals surface area contributed by atoms with Crippen molar-refractivity contribution in [3.8, 4) is 12.3 Å². The molecule has 2 nitrogen and oxygen atoms in total. The summed E-state index contributed by atoms with van der Waals surface area (Å²) in [6, 6.07) is 5.39. The van der Waals surface area contributed by atoms with Gasteiger partial charge in [-0.3, -0.25) is 4.98 Å². The molecule has 0 aromatic carbocycles. The molecule has 2 heteroatoms. The van der Waals surface area contributed by atoms with Gasteiger partial charge in [0.15, 0.2) is 11.3 Å².